The van der Waals surface area contributed by atoms with Gasteiger partial charge in [-0.3, -0.25) is 0 Å². The lowest BCUT2D eigenvalue weighted by Crippen LogP contribution is -2.39. The van der Waals surface area contributed by atoms with Gasteiger partial charge in [-0.2, -0.15) is 0 Å². The highest BCUT2D eigenvalue weighted by atomic mass is 28.4. The van der Waals surface area contributed by atoms with Crippen LogP contribution in [0, 0.1) is 0 Å². The Morgan fingerprint density at radius 2 is 1.59 bits per heavy atom. The van der Waals surface area contributed by atoms with Crippen molar-refractivity contribution >= 4 is 8.56 Å². The third-order valence-electron chi connectivity index (χ3n) is 2.20. The first-order valence-electron chi connectivity index (χ1n) is 6.87. The molecule has 0 aromatic carbocycles. The van der Waals surface area contributed by atoms with Crippen molar-refractivity contribution in [2.24, 2.45) is 5.73 Å². The van der Waals surface area contributed by atoms with Crippen molar-refractivity contribution in [1.82, 2.24) is 5.32 Å². The minimum absolute atomic E-state index is 0.700. The quantitative estimate of drug-likeness (QED) is 0.469. The van der Waals surface area contributed by atoms with Gasteiger partial charge in [0.05, 0.1) is 0 Å². The molecule has 0 saturated heterocycles. The summed E-state index contributed by atoms with van der Waals surface area (Å²) >= 11 is 0. The summed E-state index contributed by atoms with van der Waals surface area (Å²) in [5.41, 5.74) is 5.39. The van der Waals surface area contributed by atoms with E-state index in [9.17, 15) is 0 Å². The smallest absolute Gasteiger partial charge is 0.334 e. The van der Waals surface area contributed by atoms with Crippen molar-refractivity contribution in [3.63, 3.8) is 0 Å². The zero-order valence-corrected chi connectivity index (χ0v) is 13.3. The van der Waals surface area contributed by atoms with Gasteiger partial charge in [-0.15, -0.1) is 0 Å². The summed E-state index contributed by atoms with van der Waals surface area (Å²) in [6.45, 7) is 14.3. The van der Waals surface area contributed by atoms with Gasteiger partial charge < -0.3 is 19.9 Å². The molecule has 0 atom stereocenters. The Balaban J connectivity index is 0. The Bertz CT molecular complexity index is 142. The number of rotatable bonds is 10. The summed E-state index contributed by atoms with van der Waals surface area (Å²) in [7, 11) is -1.88. The predicted molar refractivity (Wildman–Crippen MR) is 77.6 cm³/mol. The van der Waals surface area contributed by atoms with Crippen molar-refractivity contribution in [3.8, 4) is 0 Å². The van der Waals surface area contributed by atoms with Crippen molar-refractivity contribution < 1.29 is 8.85 Å². The van der Waals surface area contributed by atoms with Crippen molar-refractivity contribution in [2.45, 2.75) is 46.7 Å². The van der Waals surface area contributed by atoms with Gasteiger partial charge in [-0.05, 0) is 39.4 Å². The molecule has 0 aliphatic rings. The molecule has 0 aromatic heterocycles. The first kappa shape index (κ1) is 19.4. The molecule has 0 rings (SSSR count). The largest absolute Gasteiger partial charge is 0.395 e. The molecule has 0 amide bonds. The molecule has 4 nitrogen and oxygen atoms in total. The summed E-state index contributed by atoms with van der Waals surface area (Å²) < 4.78 is 11.5. The van der Waals surface area contributed by atoms with Crippen LogP contribution in [-0.2, 0) is 8.85 Å². The number of hydrogen-bond donors (Lipinski definition) is 2. The second-order valence-electron chi connectivity index (χ2n) is 3.64. The topological polar surface area (TPSA) is 56.5 Å². The third-order valence-corrected chi connectivity index (χ3v) is 5.27. The Hall–Kier alpha value is 0.0569. The second-order valence-corrected chi connectivity index (χ2v) is 6.99. The molecule has 0 bridgehead atoms. The molecule has 0 radical (unpaired) electrons. The van der Waals surface area contributed by atoms with Crippen LogP contribution < -0.4 is 11.1 Å². The maximum absolute atomic E-state index is 5.74. The number of hydrogen-bond acceptors (Lipinski definition) is 4. The predicted octanol–water partition coefficient (Wildman–Crippen LogP) is 2.10. The summed E-state index contributed by atoms with van der Waals surface area (Å²) in [6, 6.07) is 1.05. The van der Waals surface area contributed by atoms with Crippen LogP contribution in [0.25, 0.3) is 0 Å². The molecule has 17 heavy (non-hydrogen) atoms. The van der Waals surface area contributed by atoms with Crippen LogP contribution in [0.1, 0.15) is 34.1 Å². The van der Waals surface area contributed by atoms with Gasteiger partial charge in [0.1, 0.15) is 0 Å². The Morgan fingerprint density at radius 3 is 2.00 bits per heavy atom. The first-order valence-corrected chi connectivity index (χ1v) is 9.39. The molecule has 0 aliphatic heterocycles. The van der Waals surface area contributed by atoms with Crippen LogP contribution in [-0.4, -0.2) is 41.4 Å². The Kier molecular flexibility index (Phi) is 16.1. The molecule has 106 valence electrons. The monoisotopic (exact) mass is 264 g/mol. The normalized spacial score (nSPS) is 10.9. The van der Waals surface area contributed by atoms with Crippen molar-refractivity contribution in [3.05, 3.63) is 0 Å². The molecule has 0 spiro atoms. The number of nitrogens with one attached hydrogen (secondary N) is 1. The van der Waals surface area contributed by atoms with Gasteiger partial charge >= 0.3 is 8.56 Å². The molecule has 0 heterocycles. The van der Waals surface area contributed by atoms with Crippen molar-refractivity contribution in [2.75, 3.05) is 32.8 Å². The summed E-state index contributed by atoms with van der Waals surface area (Å²) in [5, 5.41) is 3.28. The van der Waals surface area contributed by atoms with Gasteiger partial charge in [0.2, 0.25) is 0 Å². The summed E-state index contributed by atoms with van der Waals surface area (Å²) in [4.78, 5) is 0. The van der Waals surface area contributed by atoms with Crippen LogP contribution in [0.2, 0.25) is 12.6 Å². The van der Waals surface area contributed by atoms with Gasteiger partial charge in [-0.1, -0.05) is 13.8 Å². The lowest BCUT2D eigenvalue weighted by atomic mass is 10.5. The second kappa shape index (κ2) is 14.1. The lowest BCUT2D eigenvalue weighted by molar-refractivity contribution is 0.188. The SMILES string of the molecule is CC.CCO[Si](C)(CCCNCCN)OCC. The first-order chi connectivity index (χ1) is 8.18. The van der Waals surface area contributed by atoms with E-state index < -0.39 is 8.56 Å². The minimum Gasteiger partial charge on any atom is -0.395 e. The summed E-state index contributed by atoms with van der Waals surface area (Å²) in [5.74, 6) is 0. The van der Waals surface area contributed by atoms with E-state index in [-0.39, 0.29) is 0 Å². The van der Waals surface area contributed by atoms with E-state index in [2.05, 4.69) is 11.9 Å². The molecule has 0 fully saturated rings. The highest BCUT2D eigenvalue weighted by Gasteiger charge is 2.29. The molecule has 0 aliphatic carbocycles. The molecule has 0 unspecified atom stereocenters. The third kappa shape index (κ3) is 12.3. The molecule has 0 saturated carbocycles. The van der Waals surface area contributed by atoms with Crippen LogP contribution in [0.3, 0.4) is 0 Å². The molecular weight excluding hydrogens is 232 g/mol. The average Bonchev–Trinajstić information content (AvgIpc) is 2.32. The maximum atomic E-state index is 5.74. The lowest BCUT2D eigenvalue weighted by Gasteiger charge is -2.25. The van der Waals surface area contributed by atoms with Gasteiger partial charge in [0.15, 0.2) is 0 Å². The fourth-order valence-electron chi connectivity index (χ4n) is 1.56. The van der Waals surface area contributed by atoms with Gasteiger partial charge in [0.25, 0.3) is 0 Å². The Labute approximate surface area is 109 Å². The standard InChI is InChI=1S/C10H26N2O2Si.C2H6/c1-4-13-15(3,14-5-2)10-6-8-12-9-7-11;1-2/h12H,4-11H2,1-3H3;1-2H3. The fraction of sp³-hybridized carbons (Fsp3) is 1.00. The van der Waals surface area contributed by atoms with E-state index in [0.29, 0.717) is 6.54 Å². The van der Waals surface area contributed by atoms with Crippen LogP contribution >= 0.6 is 0 Å². The zero-order valence-electron chi connectivity index (χ0n) is 12.3. The van der Waals surface area contributed by atoms with E-state index in [1.165, 1.54) is 0 Å². The van der Waals surface area contributed by atoms with E-state index >= 15 is 0 Å². The molecule has 5 heteroatoms. The van der Waals surface area contributed by atoms with Crippen LogP contribution in [0.15, 0.2) is 0 Å². The highest BCUT2D eigenvalue weighted by molar-refractivity contribution is 6.66. The van der Waals surface area contributed by atoms with Crippen molar-refractivity contribution in [1.29, 1.82) is 0 Å². The van der Waals surface area contributed by atoms with E-state index in [1.807, 2.05) is 27.7 Å². The van der Waals surface area contributed by atoms with Gasteiger partial charge in [-0.25, -0.2) is 0 Å². The molecule has 0 aromatic rings. The average molecular weight is 264 g/mol. The molecule has 3 N–H and O–H groups in total. The van der Waals surface area contributed by atoms with E-state index in [0.717, 1.165) is 38.8 Å². The number of nitrogens with two attached hydrogens (primary N) is 1. The summed E-state index contributed by atoms with van der Waals surface area (Å²) in [6.07, 6.45) is 1.10. The van der Waals surface area contributed by atoms with Gasteiger partial charge in [0, 0.05) is 26.3 Å². The maximum Gasteiger partial charge on any atom is 0.334 e. The minimum atomic E-state index is -1.88. The van der Waals surface area contributed by atoms with Crippen LogP contribution in [0.4, 0.5) is 0 Å². The molecular formula is C12H32N2O2Si. The van der Waals surface area contributed by atoms with E-state index in [4.69, 9.17) is 14.6 Å². The van der Waals surface area contributed by atoms with Crippen LogP contribution in [0.5, 0.6) is 0 Å². The Morgan fingerprint density at radius 1 is 1.06 bits per heavy atom. The fourth-order valence-corrected chi connectivity index (χ4v) is 3.97. The van der Waals surface area contributed by atoms with E-state index in [1.54, 1.807) is 0 Å². The zero-order chi connectivity index (χ0) is 13.6. The highest BCUT2D eigenvalue weighted by Crippen LogP contribution is 2.15.